The molecular weight excluding hydrogens is 438 g/mol. The van der Waals surface area contributed by atoms with Crippen LogP contribution < -0.4 is 15.4 Å². The molecule has 5 rings (SSSR count). The maximum Gasteiger partial charge on any atom is 0.259 e. The first-order valence-corrected chi connectivity index (χ1v) is 12.6. The van der Waals surface area contributed by atoms with Crippen LogP contribution in [-0.2, 0) is 0 Å². The van der Waals surface area contributed by atoms with E-state index < -0.39 is 0 Å². The molecule has 2 aliphatic heterocycles. The molecule has 0 aliphatic carbocycles. The van der Waals surface area contributed by atoms with Crippen LogP contribution in [-0.4, -0.2) is 49.5 Å². The monoisotopic (exact) mass is 471 g/mol. The topological polar surface area (TPSA) is 70.7 Å². The third kappa shape index (κ3) is 5.17. The van der Waals surface area contributed by atoms with Crippen molar-refractivity contribution < 1.29 is 14.3 Å². The normalized spacial score (nSPS) is 20.1. The lowest BCUT2D eigenvalue weighted by molar-refractivity contribution is 0.0575. The number of methoxy groups -OCH3 is 1. The standard InChI is InChI=1S/C29H33N3O3/c1-35-27-18-21-9-3-2-8-20(21)17-25(27)29(34)31-24-12-6-10-22(16-24)28(33)30-19-23-11-7-15-32-14-5-4-13-26(23)32/h2-3,6,8-10,12,16-18,23,26H,4-5,7,11,13-15,19H2,1H3,(H,30,33)(H,31,34)/t23-,26+/m0/s1. The number of hydrogen-bond acceptors (Lipinski definition) is 4. The van der Waals surface area contributed by atoms with E-state index in [0.717, 1.165) is 10.8 Å². The first-order chi connectivity index (χ1) is 17.1. The van der Waals surface area contributed by atoms with Gasteiger partial charge in [-0.15, -0.1) is 0 Å². The van der Waals surface area contributed by atoms with Gasteiger partial charge in [0.05, 0.1) is 12.7 Å². The Labute approximate surface area is 206 Å². The van der Waals surface area contributed by atoms with Gasteiger partial charge in [0.25, 0.3) is 11.8 Å². The average Bonchev–Trinajstić information content (AvgIpc) is 2.91. The van der Waals surface area contributed by atoms with Gasteiger partial charge in [-0.05, 0) is 85.8 Å². The zero-order valence-corrected chi connectivity index (χ0v) is 20.3. The first-order valence-electron chi connectivity index (χ1n) is 12.6. The highest BCUT2D eigenvalue weighted by atomic mass is 16.5. The molecule has 2 heterocycles. The van der Waals surface area contributed by atoms with Crippen molar-refractivity contribution in [1.29, 1.82) is 0 Å². The van der Waals surface area contributed by atoms with Crippen molar-refractivity contribution in [3.63, 3.8) is 0 Å². The molecule has 2 saturated heterocycles. The van der Waals surface area contributed by atoms with E-state index in [1.807, 2.05) is 36.4 Å². The molecule has 0 bridgehead atoms. The second kappa shape index (κ2) is 10.5. The summed E-state index contributed by atoms with van der Waals surface area (Å²) in [6.07, 6.45) is 6.19. The van der Waals surface area contributed by atoms with E-state index in [9.17, 15) is 9.59 Å². The van der Waals surface area contributed by atoms with Crippen LogP contribution in [0.3, 0.4) is 0 Å². The van der Waals surface area contributed by atoms with Gasteiger partial charge >= 0.3 is 0 Å². The summed E-state index contributed by atoms with van der Waals surface area (Å²) in [6, 6.07) is 19.3. The van der Waals surface area contributed by atoms with E-state index in [-0.39, 0.29) is 11.8 Å². The van der Waals surface area contributed by atoms with Crippen molar-refractivity contribution in [3.05, 3.63) is 71.8 Å². The number of amides is 2. The minimum atomic E-state index is -0.273. The smallest absolute Gasteiger partial charge is 0.259 e. The second-order valence-corrected chi connectivity index (χ2v) is 9.65. The molecule has 0 spiro atoms. The van der Waals surface area contributed by atoms with Gasteiger partial charge in [-0.3, -0.25) is 9.59 Å². The van der Waals surface area contributed by atoms with Crippen molar-refractivity contribution in [2.45, 2.75) is 38.1 Å². The summed E-state index contributed by atoms with van der Waals surface area (Å²) in [5, 5.41) is 8.06. The zero-order chi connectivity index (χ0) is 24.2. The SMILES string of the molecule is COc1cc2ccccc2cc1C(=O)Nc1cccc(C(=O)NC[C@@H]2CCCN3CCCC[C@H]23)c1. The minimum Gasteiger partial charge on any atom is -0.496 e. The van der Waals surface area contributed by atoms with Gasteiger partial charge in [0.15, 0.2) is 0 Å². The number of piperidine rings is 2. The molecule has 3 aromatic rings. The van der Waals surface area contributed by atoms with Gasteiger partial charge in [-0.1, -0.05) is 36.8 Å². The van der Waals surface area contributed by atoms with Crippen LogP contribution in [0.5, 0.6) is 5.75 Å². The number of nitrogens with zero attached hydrogens (tertiary/aromatic N) is 1. The summed E-state index contributed by atoms with van der Waals surface area (Å²) >= 11 is 0. The molecule has 2 amide bonds. The summed E-state index contributed by atoms with van der Waals surface area (Å²) in [6.45, 7) is 3.09. The van der Waals surface area contributed by atoms with Crippen molar-refractivity contribution in [2.75, 3.05) is 32.1 Å². The molecule has 0 unspecified atom stereocenters. The molecule has 0 saturated carbocycles. The number of carbonyl (C=O) groups is 2. The molecular formula is C29H33N3O3. The summed E-state index contributed by atoms with van der Waals surface area (Å²) in [7, 11) is 1.56. The van der Waals surface area contributed by atoms with E-state index in [1.165, 1.54) is 45.2 Å². The quantitative estimate of drug-likeness (QED) is 0.525. The molecule has 0 radical (unpaired) electrons. The fraction of sp³-hybridized carbons (Fsp3) is 0.379. The Morgan fingerprint density at radius 3 is 2.54 bits per heavy atom. The number of anilines is 1. The number of fused-ring (bicyclic) bond motifs is 2. The third-order valence-corrected chi connectivity index (χ3v) is 7.45. The molecule has 35 heavy (non-hydrogen) atoms. The molecule has 6 heteroatoms. The highest BCUT2D eigenvalue weighted by Gasteiger charge is 2.33. The number of ether oxygens (including phenoxy) is 1. The maximum atomic E-state index is 13.1. The van der Waals surface area contributed by atoms with Crippen LogP contribution in [0, 0.1) is 5.92 Å². The van der Waals surface area contributed by atoms with E-state index in [0.29, 0.717) is 41.1 Å². The number of nitrogens with one attached hydrogen (secondary N) is 2. The minimum absolute atomic E-state index is 0.0997. The van der Waals surface area contributed by atoms with Gasteiger partial charge < -0.3 is 20.3 Å². The Morgan fingerprint density at radius 2 is 1.71 bits per heavy atom. The van der Waals surface area contributed by atoms with Crippen molar-refractivity contribution in [3.8, 4) is 5.75 Å². The van der Waals surface area contributed by atoms with E-state index in [4.69, 9.17) is 4.74 Å². The lowest BCUT2D eigenvalue weighted by Crippen LogP contribution is -2.51. The fourth-order valence-electron chi connectivity index (χ4n) is 5.64. The fourth-order valence-corrected chi connectivity index (χ4v) is 5.64. The van der Waals surface area contributed by atoms with Crippen LogP contribution in [0.2, 0.25) is 0 Å². The molecule has 2 N–H and O–H groups in total. The Bertz CT molecular complexity index is 1220. The lowest BCUT2D eigenvalue weighted by Gasteiger charge is -2.44. The van der Waals surface area contributed by atoms with E-state index in [2.05, 4.69) is 15.5 Å². The highest BCUT2D eigenvalue weighted by Crippen LogP contribution is 2.31. The number of rotatable bonds is 6. The largest absolute Gasteiger partial charge is 0.496 e. The van der Waals surface area contributed by atoms with Crippen LogP contribution in [0.4, 0.5) is 5.69 Å². The number of carbonyl (C=O) groups excluding carboxylic acids is 2. The number of hydrogen-bond donors (Lipinski definition) is 2. The van der Waals surface area contributed by atoms with E-state index in [1.54, 1.807) is 31.4 Å². The van der Waals surface area contributed by atoms with Gasteiger partial charge in [0.2, 0.25) is 0 Å². The molecule has 2 aliphatic rings. The molecule has 182 valence electrons. The first kappa shape index (κ1) is 23.4. The molecule has 2 atom stereocenters. The van der Waals surface area contributed by atoms with E-state index >= 15 is 0 Å². The third-order valence-electron chi connectivity index (χ3n) is 7.45. The van der Waals surface area contributed by atoms with Crippen molar-refractivity contribution >= 4 is 28.3 Å². The summed E-state index contributed by atoms with van der Waals surface area (Å²) in [4.78, 5) is 28.6. The predicted molar refractivity (Wildman–Crippen MR) is 139 cm³/mol. The lowest BCUT2D eigenvalue weighted by atomic mass is 9.83. The highest BCUT2D eigenvalue weighted by molar-refractivity contribution is 6.09. The summed E-state index contributed by atoms with van der Waals surface area (Å²) < 4.78 is 5.47. The van der Waals surface area contributed by atoms with Crippen molar-refractivity contribution in [2.24, 2.45) is 5.92 Å². The average molecular weight is 472 g/mol. The molecule has 3 aromatic carbocycles. The van der Waals surface area contributed by atoms with Gasteiger partial charge in [-0.2, -0.15) is 0 Å². The van der Waals surface area contributed by atoms with Gasteiger partial charge in [-0.25, -0.2) is 0 Å². The summed E-state index contributed by atoms with van der Waals surface area (Å²) in [5.41, 5.74) is 1.58. The second-order valence-electron chi connectivity index (χ2n) is 9.65. The van der Waals surface area contributed by atoms with Crippen LogP contribution >= 0.6 is 0 Å². The Morgan fingerprint density at radius 1 is 0.914 bits per heavy atom. The van der Waals surface area contributed by atoms with Crippen LogP contribution in [0.15, 0.2) is 60.7 Å². The zero-order valence-electron chi connectivity index (χ0n) is 20.3. The number of benzene rings is 3. The molecule has 0 aromatic heterocycles. The van der Waals surface area contributed by atoms with Gasteiger partial charge in [0.1, 0.15) is 5.75 Å². The molecule has 2 fully saturated rings. The molecule has 6 nitrogen and oxygen atoms in total. The Balaban J connectivity index is 1.25. The van der Waals surface area contributed by atoms with Crippen LogP contribution in [0.25, 0.3) is 10.8 Å². The van der Waals surface area contributed by atoms with Crippen molar-refractivity contribution in [1.82, 2.24) is 10.2 Å². The predicted octanol–water partition coefficient (Wildman–Crippen LogP) is 5.10. The van der Waals surface area contributed by atoms with Gasteiger partial charge in [0, 0.05) is 23.8 Å². The Kier molecular flexibility index (Phi) is 7.00. The maximum absolute atomic E-state index is 13.1. The summed E-state index contributed by atoms with van der Waals surface area (Å²) in [5.74, 6) is 0.651. The van der Waals surface area contributed by atoms with Crippen LogP contribution in [0.1, 0.15) is 52.8 Å². The Hall–Kier alpha value is -3.38.